The van der Waals surface area contributed by atoms with Crippen LogP contribution >= 0.6 is 15.9 Å². The Bertz CT molecular complexity index is 611. The molecule has 0 spiro atoms. The van der Waals surface area contributed by atoms with Gasteiger partial charge in [-0.2, -0.15) is 0 Å². The zero-order valence-electron chi connectivity index (χ0n) is 12.1. The average Bonchev–Trinajstić information content (AvgIpc) is 2.46. The zero-order valence-corrected chi connectivity index (χ0v) is 13.6. The fraction of sp³-hybridized carbons (Fsp3) is 0.353. The van der Waals surface area contributed by atoms with Gasteiger partial charge in [-0.25, -0.2) is 4.98 Å². The molecule has 1 aromatic heterocycles. The second-order valence-electron chi connectivity index (χ2n) is 5.47. The molecule has 0 unspecified atom stereocenters. The van der Waals surface area contributed by atoms with Crippen LogP contribution in [0.3, 0.4) is 0 Å². The molecule has 0 amide bonds. The van der Waals surface area contributed by atoms with E-state index in [-0.39, 0.29) is 0 Å². The minimum absolute atomic E-state index is 0.582. The summed E-state index contributed by atoms with van der Waals surface area (Å²) in [6.07, 6.45) is 4.15. The van der Waals surface area contributed by atoms with Crippen molar-refractivity contribution in [3.63, 3.8) is 0 Å². The molecule has 1 N–H and O–H groups in total. The number of pyridine rings is 1. The Hall–Kier alpha value is -1.39. The van der Waals surface area contributed by atoms with Gasteiger partial charge in [0.05, 0.1) is 7.11 Å². The van der Waals surface area contributed by atoms with Crippen LogP contribution in [-0.2, 0) is 6.54 Å². The monoisotopic (exact) mass is 346 g/mol. The maximum Gasteiger partial charge on any atom is 0.217 e. The highest BCUT2D eigenvalue weighted by atomic mass is 79.9. The van der Waals surface area contributed by atoms with Crippen LogP contribution in [0.25, 0.3) is 0 Å². The van der Waals surface area contributed by atoms with Crippen LogP contribution in [0, 0.1) is 0 Å². The fourth-order valence-electron chi connectivity index (χ4n) is 2.81. The van der Waals surface area contributed by atoms with Crippen LogP contribution < -0.4 is 10.1 Å². The first kappa shape index (κ1) is 14.5. The van der Waals surface area contributed by atoms with Crippen molar-refractivity contribution in [1.82, 2.24) is 10.3 Å². The van der Waals surface area contributed by atoms with Gasteiger partial charge in [0, 0.05) is 28.8 Å². The number of benzene rings is 1. The molecule has 3 rings (SSSR count). The first-order valence-electron chi connectivity index (χ1n) is 7.23. The third kappa shape index (κ3) is 3.44. The average molecular weight is 347 g/mol. The van der Waals surface area contributed by atoms with Gasteiger partial charge in [0.2, 0.25) is 5.88 Å². The van der Waals surface area contributed by atoms with E-state index in [1.807, 2.05) is 6.07 Å². The van der Waals surface area contributed by atoms with Gasteiger partial charge in [-0.1, -0.05) is 34.1 Å². The molecule has 1 aliphatic carbocycles. The van der Waals surface area contributed by atoms with Gasteiger partial charge < -0.3 is 10.1 Å². The number of methoxy groups -OCH3 is 1. The minimum Gasteiger partial charge on any atom is -0.481 e. The third-order valence-electron chi connectivity index (χ3n) is 4.08. The highest BCUT2D eigenvalue weighted by Gasteiger charge is 2.29. The topological polar surface area (TPSA) is 34.1 Å². The quantitative estimate of drug-likeness (QED) is 0.891. The SMILES string of the molecule is COc1ncccc1CNC1CC(c2cccc(Br)c2)C1. The molecule has 1 aliphatic rings. The van der Waals surface area contributed by atoms with Crippen molar-refractivity contribution in [2.75, 3.05) is 7.11 Å². The molecular formula is C17H19BrN2O. The van der Waals surface area contributed by atoms with Crippen molar-refractivity contribution in [2.24, 2.45) is 0 Å². The van der Waals surface area contributed by atoms with Gasteiger partial charge in [-0.05, 0) is 42.5 Å². The Morgan fingerprint density at radius 2 is 2.14 bits per heavy atom. The van der Waals surface area contributed by atoms with Gasteiger partial charge in [0.25, 0.3) is 0 Å². The van der Waals surface area contributed by atoms with Crippen LogP contribution in [0.15, 0.2) is 47.1 Å². The van der Waals surface area contributed by atoms with Gasteiger partial charge in [0.15, 0.2) is 0 Å². The molecule has 0 atom stereocenters. The summed E-state index contributed by atoms with van der Waals surface area (Å²) < 4.78 is 6.44. The summed E-state index contributed by atoms with van der Waals surface area (Å²) in [5.41, 5.74) is 2.55. The molecule has 110 valence electrons. The number of rotatable bonds is 5. The summed E-state index contributed by atoms with van der Waals surface area (Å²) in [6.45, 7) is 0.812. The molecule has 3 nitrogen and oxygen atoms in total. The lowest BCUT2D eigenvalue weighted by atomic mass is 9.76. The van der Waals surface area contributed by atoms with Crippen molar-refractivity contribution in [2.45, 2.75) is 31.3 Å². The summed E-state index contributed by atoms with van der Waals surface area (Å²) in [7, 11) is 1.67. The summed E-state index contributed by atoms with van der Waals surface area (Å²) >= 11 is 3.54. The summed E-state index contributed by atoms with van der Waals surface area (Å²) in [5, 5.41) is 3.59. The smallest absolute Gasteiger partial charge is 0.217 e. The highest BCUT2D eigenvalue weighted by Crippen LogP contribution is 2.37. The number of nitrogens with one attached hydrogen (secondary N) is 1. The molecular weight excluding hydrogens is 328 g/mol. The number of halogens is 1. The number of nitrogens with zero attached hydrogens (tertiary/aromatic N) is 1. The third-order valence-corrected chi connectivity index (χ3v) is 4.58. The van der Waals surface area contributed by atoms with E-state index >= 15 is 0 Å². The summed E-state index contributed by atoms with van der Waals surface area (Å²) in [5.74, 6) is 1.39. The van der Waals surface area contributed by atoms with Crippen molar-refractivity contribution >= 4 is 15.9 Å². The number of hydrogen-bond donors (Lipinski definition) is 1. The van der Waals surface area contributed by atoms with Crippen molar-refractivity contribution in [3.05, 3.63) is 58.2 Å². The van der Waals surface area contributed by atoms with Gasteiger partial charge >= 0.3 is 0 Å². The Kier molecular flexibility index (Phi) is 4.56. The molecule has 1 fully saturated rings. The molecule has 2 aromatic rings. The van der Waals surface area contributed by atoms with Crippen LogP contribution in [0.1, 0.15) is 29.9 Å². The van der Waals surface area contributed by atoms with E-state index in [1.54, 1.807) is 13.3 Å². The molecule has 0 radical (unpaired) electrons. The molecule has 21 heavy (non-hydrogen) atoms. The predicted octanol–water partition coefficient (Wildman–Crippen LogP) is 3.89. The Labute approximate surface area is 133 Å². The first-order chi connectivity index (χ1) is 10.3. The lowest BCUT2D eigenvalue weighted by molar-refractivity contribution is 0.287. The first-order valence-corrected chi connectivity index (χ1v) is 8.02. The van der Waals surface area contributed by atoms with Crippen LogP contribution in [0.2, 0.25) is 0 Å². The van der Waals surface area contributed by atoms with E-state index in [9.17, 15) is 0 Å². The van der Waals surface area contributed by atoms with Crippen molar-refractivity contribution in [1.29, 1.82) is 0 Å². The van der Waals surface area contributed by atoms with E-state index in [0.717, 1.165) is 16.6 Å². The second kappa shape index (κ2) is 6.58. The van der Waals surface area contributed by atoms with Crippen molar-refractivity contribution in [3.8, 4) is 5.88 Å². The van der Waals surface area contributed by atoms with Crippen LogP contribution in [0.5, 0.6) is 5.88 Å². The lowest BCUT2D eigenvalue weighted by Crippen LogP contribution is -2.39. The second-order valence-corrected chi connectivity index (χ2v) is 6.39. The maximum atomic E-state index is 5.28. The Balaban J connectivity index is 1.51. The van der Waals surface area contributed by atoms with Gasteiger partial charge in [0.1, 0.15) is 0 Å². The van der Waals surface area contributed by atoms with Crippen LogP contribution in [0.4, 0.5) is 0 Å². The Morgan fingerprint density at radius 1 is 1.29 bits per heavy atom. The number of ether oxygens (including phenoxy) is 1. The summed E-state index contributed by atoms with van der Waals surface area (Å²) in [4.78, 5) is 4.22. The van der Waals surface area contributed by atoms with Crippen LogP contribution in [-0.4, -0.2) is 18.1 Å². The molecule has 1 heterocycles. The molecule has 0 bridgehead atoms. The minimum atomic E-state index is 0.582. The van der Waals surface area contributed by atoms with Crippen molar-refractivity contribution < 1.29 is 4.74 Å². The largest absolute Gasteiger partial charge is 0.481 e. The normalized spacial score (nSPS) is 20.9. The summed E-state index contributed by atoms with van der Waals surface area (Å²) in [6, 6.07) is 13.2. The molecule has 1 saturated carbocycles. The van der Waals surface area contributed by atoms with Gasteiger partial charge in [-0.3, -0.25) is 0 Å². The maximum absolute atomic E-state index is 5.28. The van der Waals surface area contributed by atoms with E-state index in [2.05, 4.69) is 56.6 Å². The standard InChI is InChI=1S/C17H19BrN2O/c1-21-17-13(5-3-7-19-17)11-20-16-9-14(10-16)12-4-2-6-15(18)8-12/h2-8,14,16,20H,9-11H2,1H3. The number of hydrogen-bond acceptors (Lipinski definition) is 3. The van der Waals surface area contributed by atoms with E-state index < -0.39 is 0 Å². The van der Waals surface area contributed by atoms with Gasteiger partial charge in [-0.15, -0.1) is 0 Å². The number of aromatic nitrogens is 1. The Morgan fingerprint density at radius 3 is 2.90 bits per heavy atom. The lowest BCUT2D eigenvalue weighted by Gasteiger charge is -2.36. The highest BCUT2D eigenvalue weighted by molar-refractivity contribution is 9.10. The molecule has 1 aromatic carbocycles. The van der Waals surface area contributed by atoms with E-state index in [0.29, 0.717) is 17.8 Å². The molecule has 0 saturated heterocycles. The molecule has 4 heteroatoms. The molecule has 0 aliphatic heterocycles. The predicted molar refractivity (Wildman–Crippen MR) is 87.5 cm³/mol. The van der Waals surface area contributed by atoms with E-state index in [1.165, 1.54) is 18.4 Å². The fourth-order valence-corrected chi connectivity index (χ4v) is 3.23. The zero-order chi connectivity index (χ0) is 14.7. The van der Waals surface area contributed by atoms with E-state index in [4.69, 9.17) is 4.74 Å².